The highest BCUT2D eigenvalue weighted by Crippen LogP contribution is 2.28. The van der Waals surface area contributed by atoms with Gasteiger partial charge in [-0.1, -0.05) is 41.9 Å². The molecule has 0 saturated carbocycles. The molecule has 2 aromatic heterocycles. The van der Waals surface area contributed by atoms with Crippen molar-refractivity contribution < 1.29 is 5.11 Å². The molecule has 0 amide bonds. The number of aromatic nitrogens is 3. The van der Waals surface area contributed by atoms with E-state index in [1.165, 1.54) is 0 Å². The maximum absolute atomic E-state index is 13.4. The van der Waals surface area contributed by atoms with Gasteiger partial charge in [0.1, 0.15) is 5.15 Å². The molecule has 0 bridgehead atoms. The van der Waals surface area contributed by atoms with Crippen molar-refractivity contribution in [1.82, 2.24) is 19.9 Å². The van der Waals surface area contributed by atoms with Crippen molar-refractivity contribution in [2.45, 2.75) is 25.0 Å². The lowest BCUT2D eigenvalue weighted by molar-refractivity contribution is 0.0852. The fourth-order valence-corrected chi connectivity index (χ4v) is 4.43. The SMILES string of the molecule is O=c1c2cc(Cc3ccc(Cl)nc3)c3ccccc3c2ncn1[C@H]1CCNC[C@@H]1O. The van der Waals surface area contributed by atoms with Crippen LogP contribution in [0, 0.1) is 0 Å². The molecule has 1 aliphatic heterocycles. The second-order valence-corrected chi connectivity index (χ2v) is 8.12. The van der Waals surface area contributed by atoms with Crippen LogP contribution in [0.2, 0.25) is 5.15 Å². The summed E-state index contributed by atoms with van der Waals surface area (Å²) in [6.07, 6.45) is 4.04. The van der Waals surface area contributed by atoms with Crippen LogP contribution in [0.1, 0.15) is 23.6 Å². The van der Waals surface area contributed by atoms with Crippen LogP contribution < -0.4 is 10.9 Å². The third-order valence-electron chi connectivity index (χ3n) is 5.83. The molecule has 2 atom stereocenters. The molecule has 0 aliphatic carbocycles. The van der Waals surface area contributed by atoms with Crippen LogP contribution in [-0.2, 0) is 6.42 Å². The summed E-state index contributed by atoms with van der Waals surface area (Å²) in [6, 6.07) is 13.4. The number of halogens is 1. The molecule has 30 heavy (non-hydrogen) atoms. The van der Waals surface area contributed by atoms with E-state index in [0.29, 0.717) is 35.4 Å². The van der Waals surface area contributed by atoms with Gasteiger partial charge in [0.2, 0.25) is 0 Å². The molecule has 2 N–H and O–H groups in total. The Hall–Kier alpha value is -2.80. The van der Waals surface area contributed by atoms with E-state index in [-0.39, 0.29) is 11.6 Å². The zero-order valence-corrected chi connectivity index (χ0v) is 17.0. The second-order valence-electron chi connectivity index (χ2n) is 7.73. The molecule has 1 saturated heterocycles. The molecule has 3 heterocycles. The Labute approximate surface area is 178 Å². The number of aliphatic hydroxyl groups excluding tert-OH is 1. The van der Waals surface area contributed by atoms with E-state index in [1.54, 1.807) is 23.2 Å². The Balaban J connectivity index is 1.70. The normalized spacial score (nSPS) is 19.4. The Morgan fingerprint density at radius 2 is 1.97 bits per heavy atom. The van der Waals surface area contributed by atoms with Crippen molar-refractivity contribution in [3.8, 4) is 0 Å². The molecule has 0 spiro atoms. The fraction of sp³-hybridized carbons (Fsp3) is 0.261. The summed E-state index contributed by atoms with van der Waals surface area (Å²) >= 11 is 5.92. The minimum Gasteiger partial charge on any atom is -0.390 e. The highest BCUT2D eigenvalue weighted by atomic mass is 35.5. The lowest BCUT2D eigenvalue weighted by Gasteiger charge is -2.29. The number of β-amino-alcohol motifs (C(OH)–C–C–N with tert-alkyl or cyclic N) is 1. The van der Waals surface area contributed by atoms with Crippen molar-refractivity contribution in [3.05, 3.63) is 81.6 Å². The predicted molar refractivity (Wildman–Crippen MR) is 118 cm³/mol. The zero-order chi connectivity index (χ0) is 20.7. The summed E-state index contributed by atoms with van der Waals surface area (Å²) in [7, 11) is 0. The van der Waals surface area contributed by atoms with E-state index in [2.05, 4.69) is 21.4 Å². The molecular weight excluding hydrogens is 400 g/mol. The molecule has 5 rings (SSSR count). The van der Waals surface area contributed by atoms with Crippen molar-refractivity contribution in [1.29, 1.82) is 0 Å². The third kappa shape index (κ3) is 3.37. The minimum absolute atomic E-state index is 0.118. The van der Waals surface area contributed by atoms with Gasteiger partial charge in [-0.2, -0.15) is 0 Å². The van der Waals surface area contributed by atoms with Gasteiger partial charge in [0, 0.05) is 18.1 Å². The standard InChI is InChI=1S/C23H21ClN4O2/c24-21-6-5-14(11-26-21)9-15-10-18-22(17-4-2-1-3-16(15)17)27-13-28(23(18)30)19-7-8-25-12-20(19)29/h1-6,10-11,13,19-20,25,29H,7-9,12H2/t19-,20-/m0/s1. The highest BCUT2D eigenvalue weighted by molar-refractivity contribution is 6.29. The van der Waals surface area contributed by atoms with Crippen LogP contribution in [-0.4, -0.2) is 38.8 Å². The van der Waals surface area contributed by atoms with Gasteiger partial charge in [-0.15, -0.1) is 0 Å². The van der Waals surface area contributed by atoms with Crippen molar-refractivity contribution in [2.75, 3.05) is 13.1 Å². The van der Waals surface area contributed by atoms with Crippen molar-refractivity contribution in [3.63, 3.8) is 0 Å². The largest absolute Gasteiger partial charge is 0.390 e. The summed E-state index contributed by atoms with van der Waals surface area (Å²) < 4.78 is 1.59. The Morgan fingerprint density at radius 3 is 2.73 bits per heavy atom. The van der Waals surface area contributed by atoms with Gasteiger partial charge in [0.25, 0.3) is 5.56 Å². The number of hydrogen-bond acceptors (Lipinski definition) is 5. The number of piperidine rings is 1. The number of rotatable bonds is 3. The van der Waals surface area contributed by atoms with Gasteiger partial charge in [-0.3, -0.25) is 9.36 Å². The molecule has 1 aliphatic rings. The summed E-state index contributed by atoms with van der Waals surface area (Å²) in [5, 5.41) is 16.6. The number of benzene rings is 2. The minimum atomic E-state index is -0.615. The van der Waals surface area contributed by atoms with Crippen molar-refractivity contribution >= 4 is 33.3 Å². The molecule has 0 radical (unpaired) electrons. The Kier molecular flexibility index (Phi) is 4.98. The molecule has 2 aromatic carbocycles. The van der Waals surface area contributed by atoms with Crippen LogP contribution in [0.3, 0.4) is 0 Å². The first-order valence-corrected chi connectivity index (χ1v) is 10.4. The van der Waals surface area contributed by atoms with Gasteiger partial charge in [-0.05, 0) is 48.0 Å². The number of hydrogen-bond donors (Lipinski definition) is 2. The maximum atomic E-state index is 13.4. The van der Waals surface area contributed by atoms with Crippen LogP contribution >= 0.6 is 11.6 Å². The number of nitrogens with zero attached hydrogens (tertiary/aromatic N) is 3. The molecular formula is C23H21ClN4O2. The van der Waals surface area contributed by atoms with E-state index < -0.39 is 6.10 Å². The van der Waals surface area contributed by atoms with Crippen LogP contribution in [0.4, 0.5) is 0 Å². The Morgan fingerprint density at radius 1 is 1.13 bits per heavy atom. The summed E-state index contributed by atoms with van der Waals surface area (Å²) in [5.41, 5.74) is 2.62. The van der Waals surface area contributed by atoms with Crippen LogP contribution in [0.5, 0.6) is 0 Å². The van der Waals surface area contributed by atoms with E-state index in [9.17, 15) is 9.90 Å². The topological polar surface area (TPSA) is 80.0 Å². The van der Waals surface area contributed by atoms with Crippen LogP contribution in [0.25, 0.3) is 21.7 Å². The van der Waals surface area contributed by atoms with Gasteiger partial charge >= 0.3 is 0 Å². The van der Waals surface area contributed by atoms with E-state index in [1.807, 2.05) is 30.3 Å². The summed E-state index contributed by atoms with van der Waals surface area (Å²) in [4.78, 5) is 22.2. The maximum Gasteiger partial charge on any atom is 0.261 e. The molecule has 7 heteroatoms. The number of nitrogens with one attached hydrogen (secondary N) is 1. The first-order chi connectivity index (χ1) is 14.6. The van der Waals surface area contributed by atoms with Gasteiger partial charge in [-0.25, -0.2) is 9.97 Å². The molecule has 152 valence electrons. The quantitative estimate of drug-likeness (QED) is 0.393. The van der Waals surface area contributed by atoms with E-state index in [0.717, 1.165) is 28.4 Å². The van der Waals surface area contributed by atoms with Gasteiger partial charge in [0.05, 0.1) is 29.4 Å². The lowest BCUT2D eigenvalue weighted by atomic mass is 9.96. The fourth-order valence-electron chi connectivity index (χ4n) is 4.31. The average molecular weight is 421 g/mol. The smallest absolute Gasteiger partial charge is 0.261 e. The lowest BCUT2D eigenvalue weighted by Crippen LogP contribution is -2.44. The van der Waals surface area contributed by atoms with Gasteiger partial charge in [0.15, 0.2) is 0 Å². The summed E-state index contributed by atoms with van der Waals surface area (Å²) in [6.45, 7) is 1.24. The average Bonchev–Trinajstić information content (AvgIpc) is 2.77. The molecule has 4 aromatic rings. The Bertz CT molecular complexity index is 1290. The number of aliphatic hydroxyl groups is 1. The number of pyridine rings is 1. The van der Waals surface area contributed by atoms with Gasteiger partial charge < -0.3 is 10.4 Å². The first kappa shape index (κ1) is 19.2. The monoisotopic (exact) mass is 420 g/mol. The highest BCUT2D eigenvalue weighted by Gasteiger charge is 2.26. The second kappa shape index (κ2) is 7.80. The first-order valence-electron chi connectivity index (χ1n) is 10.0. The zero-order valence-electron chi connectivity index (χ0n) is 16.3. The third-order valence-corrected chi connectivity index (χ3v) is 6.06. The van der Waals surface area contributed by atoms with Crippen LogP contribution in [0.15, 0.2) is 59.8 Å². The predicted octanol–water partition coefficient (Wildman–Crippen LogP) is 3.08. The summed E-state index contributed by atoms with van der Waals surface area (Å²) in [5.74, 6) is 0. The van der Waals surface area contributed by atoms with E-state index >= 15 is 0 Å². The van der Waals surface area contributed by atoms with Crippen molar-refractivity contribution in [2.24, 2.45) is 0 Å². The number of fused-ring (bicyclic) bond motifs is 3. The molecule has 1 fully saturated rings. The van der Waals surface area contributed by atoms with E-state index in [4.69, 9.17) is 11.6 Å². The molecule has 6 nitrogen and oxygen atoms in total. The molecule has 0 unspecified atom stereocenters.